The lowest BCUT2D eigenvalue weighted by Crippen LogP contribution is -2.41. The Labute approximate surface area is 153 Å². The molecule has 0 heterocycles. The molecule has 0 bridgehead atoms. The Kier molecular flexibility index (Phi) is 6.45. The smallest absolute Gasteiger partial charge is 0.241 e. The quantitative estimate of drug-likeness (QED) is 0.800. The third kappa shape index (κ3) is 5.21. The highest BCUT2D eigenvalue weighted by Crippen LogP contribution is 2.27. The van der Waals surface area contributed by atoms with E-state index in [1.54, 1.807) is 24.3 Å². The van der Waals surface area contributed by atoms with Crippen LogP contribution in [-0.4, -0.2) is 27.1 Å². The van der Waals surface area contributed by atoms with E-state index in [1.807, 2.05) is 37.3 Å². The highest BCUT2D eigenvalue weighted by atomic mass is 35.5. The molecule has 0 aliphatic heterocycles. The van der Waals surface area contributed by atoms with Crippen molar-refractivity contribution in [3.8, 4) is 0 Å². The zero-order valence-corrected chi connectivity index (χ0v) is 15.7. The highest BCUT2D eigenvalue weighted by Gasteiger charge is 2.24. The van der Waals surface area contributed by atoms with E-state index in [2.05, 4.69) is 5.32 Å². The first-order chi connectivity index (χ1) is 11.8. The lowest BCUT2D eigenvalue weighted by molar-refractivity contribution is -0.120. The SMILES string of the molecule is CCC(NC(=O)CN(c1ccccc1Cl)S(C)(=O)=O)c1ccccc1. The van der Waals surface area contributed by atoms with Crippen LogP contribution in [-0.2, 0) is 14.8 Å². The van der Waals surface area contributed by atoms with Gasteiger partial charge in [0.2, 0.25) is 15.9 Å². The van der Waals surface area contributed by atoms with E-state index >= 15 is 0 Å². The van der Waals surface area contributed by atoms with E-state index in [-0.39, 0.29) is 29.2 Å². The molecule has 2 aromatic rings. The molecule has 25 heavy (non-hydrogen) atoms. The van der Waals surface area contributed by atoms with Crippen molar-refractivity contribution in [2.45, 2.75) is 19.4 Å². The summed E-state index contributed by atoms with van der Waals surface area (Å²) in [5, 5.41) is 3.16. The van der Waals surface area contributed by atoms with Crippen LogP contribution in [0.15, 0.2) is 54.6 Å². The molecular formula is C18H21ClN2O3S. The number of benzene rings is 2. The zero-order valence-electron chi connectivity index (χ0n) is 14.1. The maximum atomic E-state index is 12.5. The number of carbonyl (C=O) groups is 1. The van der Waals surface area contributed by atoms with Crippen molar-refractivity contribution in [1.29, 1.82) is 0 Å². The number of hydrogen-bond donors (Lipinski definition) is 1. The van der Waals surface area contributed by atoms with Gasteiger partial charge in [0.1, 0.15) is 6.54 Å². The van der Waals surface area contributed by atoms with Gasteiger partial charge >= 0.3 is 0 Å². The third-order valence-corrected chi connectivity index (χ3v) is 5.20. The topological polar surface area (TPSA) is 66.5 Å². The molecule has 0 fully saturated rings. The van der Waals surface area contributed by atoms with E-state index in [0.717, 1.165) is 16.1 Å². The number of carbonyl (C=O) groups excluding carboxylic acids is 1. The molecule has 2 rings (SSSR count). The van der Waals surface area contributed by atoms with Crippen LogP contribution in [0, 0.1) is 0 Å². The Hall–Kier alpha value is -2.05. The fourth-order valence-corrected chi connectivity index (χ4v) is 3.67. The van der Waals surface area contributed by atoms with Gasteiger partial charge in [0, 0.05) is 0 Å². The van der Waals surface area contributed by atoms with Gasteiger partial charge < -0.3 is 5.32 Å². The second-order valence-corrected chi connectivity index (χ2v) is 7.97. The predicted molar refractivity (Wildman–Crippen MR) is 101 cm³/mol. The molecule has 2 aromatic carbocycles. The molecular weight excluding hydrogens is 360 g/mol. The van der Waals surface area contributed by atoms with Gasteiger partial charge in [-0.1, -0.05) is 61.0 Å². The average molecular weight is 381 g/mol. The van der Waals surface area contributed by atoms with E-state index in [9.17, 15) is 13.2 Å². The van der Waals surface area contributed by atoms with Crippen LogP contribution < -0.4 is 9.62 Å². The Morgan fingerprint density at radius 3 is 2.28 bits per heavy atom. The van der Waals surface area contributed by atoms with Crippen LogP contribution in [0.1, 0.15) is 24.9 Å². The molecule has 0 aliphatic carbocycles. The largest absolute Gasteiger partial charge is 0.348 e. The highest BCUT2D eigenvalue weighted by molar-refractivity contribution is 7.92. The first kappa shape index (κ1) is 19.3. The van der Waals surface area contributed by atoms with Crippen LogP contribution in [0.4, 0.5) is 5.69 Å². The van der Waals surface area contributed by atoms with Crippen molar-refractivity contribution >= 4 is 33.2 Å². The van der Waals surface area contributed by atoms with Crippen LogP contribution in [0.5, 0.6) is 0 Å². The molecule has 0 saturated carbocycles. The van der Waals surface area contributed by atoms with Crippen LogP contribution in [0.3, 0.4) is 0 Å². The molecule has 1 unspecified atom stereocenters. The molecule has 0 spiro atoms. The lowest BCUT2D eigenvalue weighted by atomic mass is 10.0. The summed E-state index contributed by atoms with van der Waals surface area (Å²) < 4.78 is 25.3. The van der Waals surface area contributed by atoms with E-state index in [0.29, 0.717) is 6.42 Å². The average Bonchev–Trinajstić information content (AvgIpc) is 2.58. The van der Waals surface area contributed by atoms with E-state index < -0.39 is 10.0 Å². The molecule has 134 valence electrons. The second-order valence-electron chi connectivity index (χ2n) is 5.66. The van der Waals surface area contributed by atoms with Crippen molar-refractivity contribution in [2.24, 2.45) is 0 Å². The molecule has 0 aromatic heterocycles. The summed E-state index contributed by atoms with van der Waals surface area (Å²) in [6, 6.07) is 15.9. The predicted octanol–water partition coefficient (Wildman–Crippen LogP) is 3.37. The Morgan fingerprint density at radius 2 is 1.72 bits per heavy atom. The fraction of sp³-hybridized carbons (Fsp3) is 0.278. The van der Waals surface area contributed by atoms with Gasteiger partial charge in [-0.15, -0.1) is 0 Å². The van der Waals surface area contributed by atoms with E-state index in [4.69, 9.17) is 11.6 Å². The van der Waals surface area contributed by atoms with Gasteiger partial charge in [0.15, 0.2) is 0 Å². The number of nitrogens with zero attached hydrogens (tertiary/aromatic N) is 1. The number of halogens is 1. The Bertz CT molecular complexity index is 825. The third-order valence-electron chi connectivity index (χ3n) is 3.75. The number of rotatable bonds is 7. The zero-order chi connectivity index (χ0) is 18.4. The van der Waals surface area contributed by atoms with Crippen LogP contribution in [0.25, 0.3) is 0 Å². The summed E-state index contributed by atoms with van der Waals surface area (Å²) in [5.74, 6) is -0.388. The number of amides is 1. The molecule has 7 heteroatoms. The normalized spacial score (nSPS) is 12.4. The molecule has 5 nitrogen and oxygen atoms in total. The van der Waals surface area contributed by atoms with Crippen molar-refractivity contribution in [1.82, 2.24) is 5.32 Å². The monoisotopic (exact) mass is 380 g/mol. The maximum Gasteiger partial charge on any atom is 0.241 e. The second kappa shape index (κ2) is 8.36. The lowest BCUT2D eigenvalue weighted by Gasteiger charge is -2.24. The summed E-state index contributed by atoms with van der Waals surface area (Å²) >= 11 is 6.10. The van der Waals surface area contributed by atoms with Gasteiger partial charge in [-0.05, 0) is 24.1 Å². The van der Waals surface area contributed by atoms with Crippen molar-refractivity contribution in [3.05, 3.63) is 65.2 Å². The molecule has 0 radical (unpaired) electrons. The summed E-state index contributed by atoms with van der Waals surface area (Å²) in [6.45, 7) is 1.63. The maximum absolute atomic E-state index is 12.5. The van der Waals surface area contributed by atoms with Crippen molar-refractivity contribution in [2.75, 3.05) is 17.1 Å². The number of hydrogen-bond acceptors (Lipinski definition) is 3. The van der Waals surface area contributed by atoms with Crippen molar-refractivity contribution < 1.29 is 13.2 Å². The number of sulfonamides is 1. The number of anilines is 1. The van der Waals surface area contributed by atoms with Crippen LogP contribution in [0.2, 0.25) is 5.02 Å². The molecule has 1 amide bonds. The van der Waals surface area contributed by atoms with E-state index in [1.165, 1.54) is 0 Å². The van der Waals surface area contributed by atoms with Crippen LogP contribution >= 0.6 is 11.6 Å². The summed E-state index contributed by atoms with van der Waals surface area (Å²) in [6.07, 6.45) is 1.75. The van der Waals surface area contributed by atoms with Crippen molar-refractivity contribution in [3.63, 3.8) is 0 Å². The summed E-state index contributed by atoms with van der Waals surface area (Å²) in [7, 11) is -3.65. The van der Waals surface area contributed by atoms with Gasteiger partial charge in [0.25, 0.3) is 0 Å². The fourth-order valence-electron chi connectivity index (χ4n) is 2.51. The van der Waals surface area contributed by atoms with Gasteiger partial charge in [0.05, 0.1) is 23.0 Å². The first-order valence-corrected chi connectivity index (χ1v) is 10.1. The minimum absolute atomic E-state index is 0.179. The summed E-state index contributed by atoms with van der Waals surface area (Å²) in [5.41, 5.74) is 1.26. The summed E-state index contributed by atoms with van der Waals surface area (Å²) in [4.78, 5) is 12.5. The van der Waals surface area contributed by atoms with Gasteiger partial charge in [-0.2, -0.15) is 0 Å². The first-order valence-electron chi connectivity index (χ1n) is 7.89. The number of nitrogens with one attached hydrogen (secondary N) is 1. The Morgan fingerprint density at radius 1 is 1.12 bits per heavy atom. The standard InChI is InChI=1S/C18H21ClN2O3S/c1-3-16(14-9-5-4-6-10-14)20-18(22)13-21(25(2,23)24)17-12-8-7-11-15(17)19/h4-12,16H,3,13H2,1-2H3,(H,20,22). The van der Waals surface area contributed by atoms with Gasteiger partial charge in [-0.25, -0.2) is 8.42 Å². The molecule has 1 N–H and O–H groups in total. The molecule has 0 saturated heterocycles. The van der Waals surface area contributed by atoms with Gasteiger partial charge in [-0.3, -0.25) is 9.10 Å². The Balaban J connectivity index is 2.19. The minimum atomic E-state index is -3.65. The minimum Gasteiger partial charge on any atom is -0.348 e. The number of para-hydroxylation sites is 1. The molecule has 0 aliphatic rings. The molecule has 1 atom stereocenters.